The zero-order chi connectivity index (χ0) is 20.4. The monoisotopic (exact) mass is 412 g/mol. The van der Waals surface area contributed by atoms with E-state index in [1.165, 1.54) is 12.1 Å². The van der Waals surface area contributed by atoms with Crippen molar-refractivity contribution in [1.29, 1.82) is 0 Å². The Kier molecular flexibility index (Phi) is 6.04. The number of hydrogen-bond acceptors (Lipinski definition) is 6. The number of likely N-dealkylation sites (tertiary alicyclic amines) is 1. The van der Waals surface area contributed by atoms with Crippen LogP contribution in [-0.2, 0) is 14.8 Å². The number of piperidine rings is 1. The van der Waals surface area contributed by atoms with E-state index in [1.54, 1.807) is 11.0 Å². The fourth-order valence-electron chi connectivity index (χ4n) is 3.10. The first kappa shape index (κ1) is 20.7. The smallest absolute Gasteiger partial charge is 0.410 e. The first-order chi connectivity index (χ1) is 13.1. The number of carbonyl (C=O) groups excluding carboxylic acids is 1. The molecule has 3 rings (SSSR count). The molecule has 2 heterocycles. The average molecular weight is 413 g/mol. The van der Waals surface area contributed by atoms with Crippen LogP contribution in [0.3, 0.4) is 0 Å². The molecule has 1 amide bonds. The summed E-state index contributed by atoms with van der Waals surface area (Å²) in [6.45, 7) is 7.40. The first-order valence-corrected chi connectivity index (χ1v) is 11.0. The topological polar surface area (TPSA) is 94.2 Å². The summed E-state index contributed by atoms with van der Waals surface area (Å²) in [6.07, 6.45) is 1.45. The highest BCUT2D eigenvalue weighted by atomic mass is 32.2. The maximum Gasteiger partial charge on any atom is 0.410 e. The Morgan fingerprint density at radius 2 is 1.79 bits per heavy atom. The SMILES string of the molecule is CC(C)(C)OC(=O)N1CCC(NS(=O)(=O)c2ccc3c(c2)OCCCO3)CC1. The number of fused-ring (bicyclic) bond motifs is 1. The lowest BCUT2D eigenvalue weighted by molar-refractivity contribution is 0.0203. The fraction of sp³-hybridized carbons (Fsp3) is 0.632. The third-order valence-corrected chi connectivity index (χ3v) is 6.02. The van der Waals surface area contributed by atoms with Crippen LogP contribution < -0.4 is 14.2 Å². The molecule has 28 heavy (non-hydrogen) atoms. The second-order valence-corrected chi connectivity index (χ2v) is 9.74. The molecule has 8 nitrogen and oxygen atoms in total. The van der Waals surface area contributed by atoms with Crippen molar-refractivity contribution in [2.24, 2.45) is 0 Å². The molecule has 0 atom stereocenters. The van der Waals surface area contributed by atoms with Gasteiger partial charge in [-0.05, 0) is 45.7 Å². The van der Waals surface area contributed by atoms with Gasteiger partial charge in [0.05, 0.1) is 18.1 Å². The van der Waals surface area contributed by atoms with Gasteiger partial charge in [0.25, 0.3) is 0 Å². The van der Waals surface area contributed by atoms with E-state index >= 15 is 0 Å². The molecule has 1 fully saturated rings. The average Bonchev–Trinajstić information content (AvgIpc) is 2.85. The van der Waals surface area contributed by atoms with Gasteiger partial charge in [-0.3, -0.25) is 0 Å². The molecular weight excluding hydrogens is 384 g/mol. The first-order valence-electron chi connectivity index (χ1n) is 9.54. The minimum Gasteiger partial charge on any atom is -0.490 e. The highest BCUT2D eigenvalue weighted by molar-refractivity contribution is 7.89. The Bertz CT molecular complexity index is 810. The van der Waals surface area contributed by atoms with Gasteiger partial charge in [0.1, 0.15) is 5.60 Å². The molecule has 2 aliphatic rings. The Morgan fingerprint density at radius 3 is 2.43 bits per heavy atom. The summed E-state index contributed by atoms with van der Waals surface area (Å²) in [5.41, 5.74) is -0.549. The van der Waals surface area contributed by atoms with Crippen LogP contribution in [0, 0.1) is 0 Å². The quantitative estimate of drug-likeness (QED) is 0.820. The van der Waals surface area contributed by atoms with Crippen LogP contribution in [0.25, 0.3) is 0 Å². The zero-order valence-corrected chi connectivity index (χ0v) is 17.4. The van der Waals surface area contributed by atoms with Crippen LogP contribution >= 0.6 is 0 Å². The number of nitrogens with one attached hydrogen (secondary N) is 1. The molecule has 1 N–H and O–H groups in total. The molecule has 9 heteroatoms. The van der Waals surface area contributed by atoms with Gasteiger partial charge in [0.2, 0.25) is 10.0 Å². The van der Waals surface area contributed by atoms with E-state index in [0.29, 0.717) is 50.6 Å². The fourth-order valence-corrected chi connectivity index (χ4v) is 4.42. The zero-order valence-electron chi connectivity index (χ0n) is 16.6. The van der Waals surface area contributed by atoms with Gasteiger partial charge in [-0.25, -0.2) is 17.9 Å². The van der Waals surface area contributed by atoms with E-state index in [4.69, 9.17) is 14.2 Å². The Labute approximate surface area is 166 Å². The van der Waals surface area contributed by atoms with E-state index in [0.717, 1.165) is 6.42 Å². The van der Waals surface area contributed by atoms with Crippen LogP contribution in [0.1, 0.15) is 40.0 Å². The maximum atomic E-state index is 12.8. The third kappa shape index (κ3) is 5.29. The lowest BCUT2D eigenvalue weighted by Crippen LogP contribution is -2.47. The standard InChI is InChI=1S/C19H28N2O6S/c1-19(2,3)27-18(22)21-9-7-14(8-10-21)20-28(23,24)15-5-6-16-17(13-15)26-12-4-11-25-16/h5-6,13-14,20H,4,7-12H2,1-3H3. The highest BCUT2D eigenvalue weighted by Gasteiger charge is 2.29. The second kappa shape index (κ2) is 8.16. The molecule has 0 spiro atoms. The molecule has 1 aromatic rings. The number of rotatable bonds is 3. The van der Waals surface area contributed by atoms with Crippen LogP contribution in [-0.4, -0.2) is 57.4 Å². The molecule has 1 saturated heterocycles. The normalized spacial score (nSPS) is 18.5. The van der Waals surface area contributed by atoms with E-state index < -0.39 is 15.6 Å². The molecule has 0 unspecified atom stereocenters. The van der Waals surface area contributed by atoms with Crippen molar-refractivity contribution in [3.63, 3.8) is 0 Å². The van der Waals surface area contributed by atoms with Crippen LogP contribution in [0.2, 0.25) is 0 Å². The minimum atomic E-state index is -3.69. The second-order valence-electron chi connectivity index (χ2n) is 8.02. The van der Waals surface area contributed by atoms with Gasteiger partial charge in [0.15, 0.2) is 11.5 Å². The van der Waals surface area contributed by atoms with E-state index in [2.05, 4.69) is 4.72 Å². The van der Waals surface area contributed by atoms with Gasteiger partial charge >= 0.3 is 6.09 Å². The lowest BCUT2D eigenvalue weighted by atomic mass is 10.1. The molecule has 0 aromatic heterocycles. The summed E-state index contributed by atoms with van der Waals surface area (Å²) in [7, 11) is -3.69. The number of hydrogen-bond donors (Lipinski definition) is 1. The summed E-state index contributed by atoms with van der Waals surface area (Å²) in [4.78, 5) is 13.9. The lowest BCUT2D eigenvalue weighted by Gasteiger charge is -2.33. The summed E-state index contributed by atoms with van der Waals surface area (Å²) < 4.78 is 44.8. The largest absolute Gasteiger partial charge is 0.490 e. The highest BCUT2D eigenvalue weighted by Crippen LogP contribution is 2.32. The van der Waals surface area contributed by atoms with Crippen molar-refractivity contribution in [2.75, 3.05) is 26.3 Å². The summed E-state index contributed by atoms with van der Waals surface area (Å²) in [5.74, 6) is 1.00. The number of nitrogens with zero attached hydrogens (tertiary/aromatic N) is 1. The molecular formula is C19H28N2O6S. The third-order valence-electron chi connectivity index (χ3n) is 4.50. The molecule has 156 valence electrons. The van der Waals surface area contributed by atoms with E-state index in [1.807, 2.05) is 20.8 Å². The predicted molar refractivity (Wildman–Crippen MR) is 103 cm³/mol. The van der Waals surface area contributed by atoms with Gasteiger partial charge in [0, 0.05) is 31.6 Å². The van der Waals surface area contributed by atoms with Crippen molar-refractivity contribution >= 4 is 16.1 Å². The number of carbonyl (C=O) groups is 1. The summed E-state index contributed by atoms with van der Waals surface area (Å²) >= 11 is 0. The summed E-state index contributed by atoms with van der Waals surface area (Å²) in [6, 6.07) is 4.41. The van der Waals surface area contributed by atoms with Crippen LogP contribution in [0.5, 0.6) is 11.5 Å². The predicted octanol–water partition coefficient (Wildman–Crippen LogP) is 2.53. The molecule has 0 radical (unpaired) electrons. The minimum absolute atomic E-state index is 0.145. The number of benzene rings is 1. The molecule has 0 bridgehead atoms. The maximum absolute atomic E-state index is 12.8. The molecule has 2 aliphatic heterocycles. The molecule has 1 aromatic carbocycles. The molecule has 0 aliphatic carbocycles. The van der Waals surface area contributed by atoms with E-state index in [-0.39, 0.29) is 17.0 Å². The van der Waals surface area contributed by atoms with Crippen molar-refractivity contribution in [1.82, 2.24) is 9.62 Å². The number of ether oxygens (including phenoxy) is 3. The van der Waals surface area contributed by atoms with Crippen molar-refractivity contribution in [2.45, 2.75) is 56.6 Å². The van der Waals surface area contributed by atoms with Crippen molar-refractivity contribution < 1.29 is 27.4 Å². The Hall–Kier alpha value is -2.00. The van der Waals surface area contributed by atoms with Crippen molar-refractivity contribution in [3.05, 3.63) is 18.2 Å². The Balaban J connectivity index is 1.60. The number of sulfonamides is 1. The van der Waals surface area contributed by atoms with Gasteiger partial charge < -0.3 is 19.1 Å². The number of amides is 1. The molecule has 0 saturated carbocycles. The van der Waals surface area contributed by atoms with Crippen LogP contribution in [0.15, 0.2) is 23.1 Å². The van der Waals surface area contributed by atoms with Crippen LogP contribution in [0.4, 0.5) is 4.79 Å². The van der Waals surface area contributed by atoms with Gasteiger partial charge in [-0.1, -0.05) is 0 Å². The summed E-state index contributed by atoms with van der Waals surface area (Å²) in [5, 5.41) is 0. The van der Waals surface area contributed by atoms with Gasteiger partial charge in [-0.15, -0.1) is 0 Å². The van der Waals surface area contributed by atoms with E-state index in [9.17, 15) is 13.2 Å². The van der Waals surface area contributed by atoms with Gasteiger partial charge in [-0.2, -0.15) is 0 Å². The Morgan fingerprint density at radius 1 is 1.14 bits per heavy atom. The van der Waals surface area contributed by atoms with Crippen molar-refractivity contribution in [3.8, 4) is 11.5 Å².